The third kappa shape index (κ3) is 3.75. The second kappa shape index (κ2) is 6.76. The van der Waals surface area contributed by atoms with E-state index in [2.05, 4.69) is 20.5 Å². The van der Waals surface area contributed by atoms with E-state index in [-0.39, 0.29) is 11.7 Å². The Kier molecular flexibility index (Phi) is 4.55. The average molecular weight is 330 g/mol. The molecule has 5 nitrogen and oxygen atoms in total. The summed E-state index contributed by atoms with van der Waals surface area (Å²) in [6, 6.07) is 11.6. The van der Waals surface area contributed by atoms with Crippen LogP contribution in [0, 0.1) is 6.92 Å². The number of anilines is 1. The van der Waals surface area contributed by atoms with Crippen LogP contribution in [0.3, 0.4) is 0 Å². The number of nitrogens with zero attached hydrogens (tertiary/aromatic N) is 2. The lowest BCUT2D eigenvalue weighted by atomic mass is 10.2. The Labute approximate surface area is 136 Å². The molecule has 0 radical (unpaired) electrons. The Morgan fingerprint density at radius 3 is 2.86 bits per heavy atom. The standard InChI is InChI=1S/C15H14N4OS2/c1-10-4-6-11(7-5-10)16-13(20)9-22-15-17-14(18-19-15)12-3-2-8-21-12/h2-8H,9H2,1H3,(H,16,20)(H,17,18,19). The van der Waals surface area contributed by atoms with E-state index < -0.39 is 0 Å². The largest absolute Gasteiger partial charge is 0.325 e. The van der Waals surface area contributed by atoms with Crippen LogP contribution in [0.1, 0.15) is 5.56 Å². The topological polar surface area (TPSA) is 70.7 Å². The smallest absolute Gasteiger partial charge is 0.234 e. The van der Waals surface area contributed by atoms with Gasteiger partial charge in [0.05, 0.1) is 10.6 Å². The first-order valence-corrected chi connectivity index (χ1v) is 8.53. The molecule has 0 bridgehead atoms. The van der Waals surface area contributed by atoms with Gasteiger partial charge >= 0.3 is 0 Å². The van der Waals surface area contributed by atoms with Crippen molar-refractivity contribution >= 4 is 34.7 Å². The average Bonchev–Trinajstić information content (AvgIpc) is 3.18. The number of thiophene rings is 1. The fourth-order valence-corrected chi connectivity index (χ4v) is 3.06. The number of carbonyl (C=O) groups is 1. The van der Waals surface area contributed by atoms with Crippen LogP contribution in [0.15, 0.2) is 46.9 Å². The van der Waals surface area contributed by atoms with E-state index >= 15 is 0 Å². The van der Waals surface area contributed by atoms with E-state index in [1.807, 2.05) is 48.7 Å². The molecule has 112 valence electrons. The molecule has 0 fully saturated rings. The summed E-state index contributed by atoms with van der Waals surface area (Å²) in [5.74, 6) is 0.933. The van der Waals surface area contributed by atoms with Gasteiger partial charge < -0.3 is 5.32 Å². The van der Waals surface area contributed by atoms with Crippen molar-refractivity contribution in [3.63, 3.8) is 0 Å². The minimum atomic E-state index is -0.0728. The number of aromatic amines is 1. The molecule has 0 aliphatic heterocycles. The lowest BCUT2D eigenvalue weighted by Gasteiger charge is -2.04. The van der Waals surface area contributed by atoms with Gasteiger partial charge in [0, 0.05) is 5.69 Å². The highest BCUT2D eigenvalue weighted by Crippen LogP contribution is 2.23. The molecule has 2 heterocycles. The van der Waals surface area contributed by atoms with Gasteiger partial charge in [-0.15, -0.1) is 16.4 Å². The van der Waals surface area contributed by atoms with Crippen LogP contribution in [0.4, 0.5) is 5.69 Å². The molecule has 0 unspecified atom stereocenters. The predicted octanol–water partition coefficient (Wildman–Crippen LogP) is 3.57. The number of rotatable bonds is 5. The van der Waals surface area contributed by atoms with Crippen LogP contribution in [0.25, 0.3) is 10.7 Å². The molecule has 2 N–H and O–H groups in total. The van der Waals surface area contributed by atoms with E-state index in [9.17, 15) is 4.79 Å². The Hall–Kier alpha value is -2.12. The van der Waals surface area contributed by atoms with E-state index in [0.29, 0.717) is 5.16 Å². The number of aromatic nitrogens is 3. The van der Waals surface area contributed by atoms with E-state index in [1.165, 1.54) is 11.8 Å². The van der Waals surface area contributed by atoms with Crippen molar-refractivity contribution in [2.45, 2.75) is 12.1 Å². The van der Waals surface area contributed by atoms with Crippen molar-refractivity contribution in [3.05, 3.63) is 47.3 Å². The molecule has 1 aromatic carbocycles. The number of carbonyl (C=O) groups excluding carboxylic acids is 1. The van der Waals surface area contributed by atoms with Gasteiger partial charge in [-0.2, -0.15) is 0 Å². The summed E-state index contributed by atoms with van der Waals surface area (Å²) in [5.41, 5.74) is 1.96. The summed E-state index contributed by atoms with van der Waals surface area (Å²) in [6.45, 7) is 2.01. The van der Waals surface area contributed by atoms with Crippen molar-refractivity contribution in [1.82, 2.24) is 15.2 Å². The minimum Gasteiger partial charge on any atom is -0.325 e. The Morgan fingerprint density at radius 2 is 2.14 bits per heavy atom. The molecule has 0 aliphatic rings. The van der Waals surface area contributed by atoms with E-state index in [1.54, 1.807) is 11.3 Å². The van der Waals surface area contributed by atoms with E-state index in [4.69, 9.17) is 0 Å². The van der Waals surface area contributed by atoms with Crippen LogP contribution in [0.2, 0.25) is 0 Å². The van der Waals surface area contributed by atoms with Crippen LogP contribution >= 0.6 is 23.1 Å². The molecule has 0 spiro atoms. The molecule has 7 heteroatoms. The Balaban J connectivity index is 1.54. The number of nitrogens with one attached hydrogen (secondary N) is 2. The van der Waals surface area contributed by atoms with Gasteiger partial charge in [-0.1, -0.05) is 35.5 Å². The molecular weight excluding hydrogens is 316 g/mol. The summed E-state index contributed by atoms with van der Waals surface area (Å²) in [5, 5.41) is 12.4. The summed E-state index contributed by atoms with van der Waals surface area (Å²) < 4.78 is 0. The summed E-state index contributed by atoms with van der Waals surface area (Å²) in [4.78, 5) is 17.3. The van der Waals surface area contributed by atoms with Crippen LogP contribution in [-0.2, 0) is 4.79 Å². The third-order valence-electron chi connectivity index (χ3n) is 2.89. The number of amides is 1. The fraction of sp³-hybridized carbons (Fsp3) is 0.133. The molecule has 3 rings (SSSR count). The number of hydrogen-bond donors (Lipinski definition) is 2. The zero-order valence-electron chi connectivity index (χ0n) is 11.9. The summed E-state index contributed by atoms with van der Waals surface area (Å²) >= 11 is 2.90. The van der Waals surface area contributed by atoms with Gasteiger partial charge in [-0.05, 0) is 30.5 Å². The van der Waals surface area contributed by atoms with Crippen LogP contribution in [0.5, 0.6) is 0 Å². The number of aryl methyl sites for hydroxylation is 1. The van der Waals surface area contributed by atoms with Crippen molar-refractivity contribution in [2.24, 2.45) is 0 Å². The number of hydrogen-bond acceptors (Lipinski definition) is 5. The first-order chi connectivity index (χ1) is 10.7. The molecular formula is C15H14N4OS2. The maximum absolute atomic E-state index is 11.9. The molecule has 0 atom stereocenters. The number of H-pyrrole nitrogens is 1. The quantitative estimate of drug-likeness (QED) is 0.702. The van der Waals surface area contributed by atoms with Crippen molar-refractivity contribution in [2.75, 3.05) is 11.1 Å². The molecule has 2 aromatic heterocycles. The fourth-order valence-electron chi connectivity index (χ4n) is 1.80. The van der Waals surface area contributed by atoms with Gasteiger partial charge in [0.25, 0.3) is 0 Å². The van der Waals surface area contributed by atoms with Gasteiger partial charge in [0.2, 0.25) is 11.1 Å². The first-order valence-electron chi connectivity index (χ1n) is 6.66. The highest BCUT2D eigenvalue weighted by atomic mass is 32.2. The SMILES string of the molecule is Cc1ccc(NC(=O)CSc2n[nH]c(-c3cccs3)n2)cc1. The van der Waals surface area contributed by atoms with E-state index in [0.717, 1.165) is 22.0 Å². The lowest BCUT2D eigenvalue weighted by molar-refractivity contribution is -0.113. The van der Waals surface area contributed by atoms with Crippen molar-refractivity contribution < 1.29 is 4.79 Å². The molecule has 0 saturated carbocycles. The maximum atomic E-state index is 11.9. The van der Waals surface area contributed by atoms with Gasteiger partial charge in [-0.25, -0.2) is 4.98 Å². The predicted molar refractivity (Wildman–Crippen MR) is 90.2 cm³/mol. The van der Waals surface area contributed by atoms with Crippen molar-refractivity contribution in [3.8, 4) is 10.7 Å². The minimum absolute atomic E-state index is 0.0728. The normalized spacial score (nSPS) is 10.6. The van der Waals surface area contributed by atoms with Gasteiger partial charge in [0.1, 0.15) is 0 Å². The molecule has 1 amide bonds. The molecule has 0 saturated heterocycles. The van der Waals surface area contributed by atoms with Crippen LogP contribution in [-0.4, -0.2) is 26.8 Å². The number of thioether (sulfide) groups is 1. The number of benzene rings is 1. The zero-order valence-corrected chi connectivity index (χ0v) is 13.5. The molecule has 0 aliphatic carbocycles. The molecule has 3 aromatic rings. The summed E-state index contributed by atoms with van der Waals surface area (Å²) in [7, 11) is 0. The Morgan fingerprint density at radius 1 is 1.32 bits per heavy atom. The second-order valence-electron chi connectivity index (χ2n) is 4.65. The maximum Gasteiger partial charge on any atom is 0.234 e. The van der Waals surface area contributed by atoms with Crippen molar-refractivity contribution in [1.29, 1.82) is 0 Å². The lowest BCUT2D eigenvalue weighted by Crippen LogP contribution is -2.14. The monoisotopic (exact) mass is 330 g/mol. The zero-order chi connectivity index (χ0) is 15.4. The molecule has 22 heavy (non-hydrogen) atoms. The second-order valence-corrected chi connectivity index (χ2v) is 6.54. The van der Waals surface area contributed by atoms with Gasteiger partial charge in [0.15, 0.2) is 5.82 Å². The summed E-state index contributed by atoms with van der Waals surface area (Å²) in [6.07, 6.45) is 0. The van der Waals surface area contributed by atoms with Gasteiger partial charge in [-0.3, -0.25) is 9.89 Å². The Bertz CT molecular complexity index is 750. The highest BCUT2D eigenvalue weighted by molar-refractivity contribution is 7.99. The highest BCUT2D eigenvalue weighted by Gasteiger charge is 2.09. The van der Waals surface area contributed by atoms with Crippen LogP contribution < -0.4 is 5.32 Å². The first kappa shape index (κ1) is 14.8. The third-order valence-corrected chi connectivity index (χ3v) is 4.61.